The molecule has 0 aromatic carbocycles. The van der Waals surface area contributed by atoms with Crippen LogP contribution in [0.2, 0.25) is 0 Å². The van der Waals surface area contributed by atoms with Gasteiger partial charge in [0.25, 0.3) is 0 Å². The molecule has 3 rings (SSSR count). The maximum atomic E-state index is 12.3. The number of anilines is 1. The van der Waals surface area contributed by atoms with Crippen LogP contribution in [0, 0.1) is 13.8 Å². The van der Waals surface area contributed by atoms with Crippen molar-refractivity contribution in [3.63, 3.8) is 0 Å². The van der Waals surface area contributed by atoms with Crippen LogP contribution in [0.4, 0.5) is 10.6 Å². The number of ether oxygens (including phenoxy) is 1. The molecule has 0 aliphatic carbocycles. The van der Waals surface area contributed by atoms with Crippen molar-refractivity contribution in [1.82, 2.24) is 19.8 Å². The van der Waals surface area contributed by atoms with E-state index >= 15 is 0 Å². The number of carbonyl (C=O) groups is 2. The van der Waals surface area contributed by atoms with Crippen LogP contribution in [0.3, 0.4) is 0 Å². The van der Waals surface area contributed by atoms with E-state index in [1.54, 1.807) is 11.2 Å². The number of cyclic esters (lactones) is 1. The minimum absolute atomic E-state index is 0.0286. The Labute approximate surface area is 135 Å². The quantitative estimate of drug-likeness (QED) is 0.791. The largest absolute Gasteiger partial charge is 0.448 e. The molecule has 2 aliphatic rings. The van der Waals surface area contributed by atoms with Crippen LogP contribution in [0.15, 0.2) is 6.33 Å². The van der Waals surface area contributed by atoms with Crippen molar-refractivity contribution in [3.05, 3.63) is 17.6 Å². The first-order valence-corrected chi connectivity index (χ1v) is 7.79. The molecule has 8 heteroatoms. The molecule has 0 spiro atoms. The SMILES string of the molecule is Cc1ncnc(N2CCN(C(=O)CN3CCOC3=O)CC2)c1C. The van der Waals surface area contributed by atoms with Crippen LogP contribution >= 0.6 is 0 Å². The van der Waals surface area contributed by atoms with Crippen molar-refractivity contribution < 1.29 is 14.3 Å². The van der Waals surface area contributed by atoms with Crippen molar-refractivity contribution in [2.75, 3.05) is 50.8 Å². The summed E-state index contributed by atoms with van der Waals surface area (Å²) in [4.78, 5) is 37.7. The molecule has 1 aromatic heterocycles. The first kappa shape index (κ1) is 15.5. The van der Waals surface area contributed by atoms with Crippen LogP contribution in [0.5, 0.6) is 0 Å². The van der Waals surface area contributed by atoms with E-state index < -0.39 is 6.09 Å². The molecule has 0 atom stereocenters. The van der Waals surface area contributed by atoms with Gasteiger partial charge in [-0.05, 0) is 13.8 Å². The average Bonchev–Trinajstić information content (AvgIpc) is 2.95. The number of aromatic nitrogens is 2. The second kappa shape index (κ2) is 6.39. The number of hydrogen-bond donors (Lipinski definition) is 0. The third-order valence-corrected chi connectivity index (χ3v) is 4.41. The van der Waals surface area contributed by atoms with Gasteiger partial charge in [-0.1, -0.05) is 0 Å². The van der Waals surface area contributed by atoms with Gasteiger partial charge in [-0.25, -0.2) is 14.8 Å². The molecule has 0 N–H and O–H groups in total. The van der Waals surface area contributed by atoms with E-state index in [1.165, 1.54) is 4.90 Å². The fourth-order valence-corrected chi connectivity index (χ4v) is 2.84. The average molecular weight is 319 g/mol. The molecule has 1 aromatic rings. The van der Waals surface area contributed by atoms with Crippen molar-refractivity contribution in [2.24, 2.45) is 0 Å². The lowest BCUT2D eigenvalue weighted by atomic mass is 10.2. The van der Waals surface area contributed by atoms with Gasteiger partial charge in [0.05, 0.1) is 6.54 Å². The number of hydrogen-bond acceptors (Lipinski definition) is 6. The molecule has 23 heavy (non-hydrogen) atoms. The number of rotatable bonds is 3. The Morgan fingerprint density at radius 3 is 2.57 bits per heavy atom. The van der Waals surface area contributed by atoms with Gasteiger partial charge >= 0.3 is 6.09 Å². The van der Waals surface area contributed by atoms with E-state index in [4.69, 9.17) is 4.74 Å². The van der Waals surface area contributed by atoms with E-state index in [0.29, 0.717) is 26.2 Å². The lowest BCUT2D eigenvalue weighted by Gasteiger charge is -2.36. The maximum absolute atomic E-state index is 12.3. The van der Waals surface area contributed by atoms with Crippen molar-refractivity contribution in [3.8, 4) is 0 Å². The van der Waals surface area contributed by atoms with E-state index in [-0.39, 0.29) is 12.5 Å². The molecule has 2 amide bonds. The van der Waals surface area contributed by atoms with Gasteiger partial charge in [0.2, 0.25) is 5.91 Å². The Bertz CT molecular complexity index is 613. The van der Waals surface area contributed by atoms with Crippen LogP contribution in [0.25, 0.3) is 0 Å². The lowest BCUT2D eigenvalue weighted by Crippen LogP contribution is -2.51. The molecule has 2 fully saturated rings. The van der Waals surface area contributed by atoms with Gasteiger partial charge < -0.3 is 14.5 Å². The number of aryl methyl sites for hydroxylation is 1. The third-order valence-electron chi connectivity index (χ3n) is 4.41. The Hall–Kier alpha value is -2.38. The third kappa shape index (κ3) is 3.20. The van der Waals surface area contributed by atoms with Crippen LogP contribution < -0.4 is 4.90 Å². The molecule has 0 bridgehead atoms. The van der Waals surface area contributed by atoms with Gasteiger partial charge in [-0.2, -0.15) is 0 Å². The monoisotopic (exact) mass is 319 g/mol. The standard InChI is InChI=1S/C15H21N5O3/c1-11-12(2)16-10-17-14(11)19-5-3-18(4-6-19)13(21)9-20-7-8-23-15(20)22/h10H,3-9H2,1-2H3. The molecular weight excluding hydrogens is 298 g/mol. The van der Waals surface area contributed by atoms with Gasteiger partial charge in [0, 0.05) is 37.4 Å². The summed E-state index contributed by atoms with van der Waals surface area (Å²) in [5, 5.41) is 0. The summed E-state index contributed by atoms with van der Waals surface area (Å²) in [6, 6.07) is 0. The summed E-state index contributed by atoms with van der Waals surface area (Å²) < 4.78 is 4.85. The van der Waals surface area contributed by atoms with Gasteiger partial charge in [0.1, 0.15) is 25.3 Å². The fraction of sp³-hybridized carbons (Fsp3) is 0.600. The highest BCUT2D eigenvalue weighted by Gasteiger charge is 2.28. The normalized spacial score (nSPS) is 18.3. The Morgan fingerprint density at radius 2 is 1.91 bits per heavy atom. The summed E-state index contributed by atoms with van der Waals surface area (Å²) in [7, 11) is 0. The zero-order valence-electron chi connectivity index (χ0n) is 13.5. The van der Waals surface area contributed by atoms with Gasteiger partial charge in [-0.3, -0.25) is 9.69 Å². The van der Waals surface area contributed by atoms with Gasteiger partial charge in [0.15, 0.2) is 0 Å². The number of nitrogens with zero attached hydrogens (tertiary/aromatic N) is 5. The zero-order valence-corrected chi connectivity index (χ0v) is 13.5. The van der Waals surface area contributed by atoms with Gasteiger partial charge in [-0.15, -0.1) is 0 Å². The smallest absolute Gasteiger partial charge is 0.410 e. The molecule has 124 valence electrons. The second-order valence-electron chi connectivity index (χ2n) is 5.81. The molecule has 2 saturated heterocycles. The highest BCUT2D eigenvalue weighted by molar-refractivity contribution is 5.83. The second-order valence-corrected chi connectivity index (χ2v) is 5.81. The number of carbonyl (C=O) groups excluding carboxylic acids is 2. The number of amides is 2. The molecule has 0 saturated carbocycles. The Kier molecular flexibility index (Phi) is 4.31. The summed E-state index contributed by atoms with van der Waals surface area (Å²) in [5.74, 6) is 0.909. The summed E-state index contributed by atoms with van der Waals surface area (Å²) in [6.07, 6.45) is 1.18. The highest BCUT2D eigenvalue weighted by Crippen LogP contribution is 2.19. The molecule has 3 heterocycles. The Morgan fingerprint density at radius 1 is 1.17 bits per heavy atom. The first-order chi connectivity index (χ1) is 11.1. The minimum Gasteiger partial charge on any atom is -0.448 e. The molecule has 0 unspecified atom stereocenters. The zero-order chi connectivity index (χ0) is 16.4. The summed E-state index contributed by atoms with van der Waals surface area (Å²) in [6.45, 7) is 7.66. The molecular formula is C15H21N5O3. The topological polar surface area (TPSA) is 78.9 Å². The first-order valence-electron chi connectivity index (χ1n) is 7.79. The summed E-state index contributed by atoms with van der Waals surface area (Å²) >= 11 is 0. The van der Waals surface area contributed by atoms with E-state index in [2.05, 4.69) is 14.9 Å². The van der Waals surface area contributed by atoms with E-state index in [1.807, 2.05) is 13.8 Å². The predicted molar refractivity (Wildman–Crippen MR) is 83.2 cm³/mol. The summed E-state index contributed by atoms with van der Waals surface area (Å²) in [5.41, 5.74) is 2.05. The maximum Gasteiger partial charge on any atom is 0.410 e. The minimum atomic E-state index is -0.399. The van der Waals surface area contributed by atoms with E-state index in [0.717, 1.165) is 30.2 Å². The predicted octanol–water partition coefficient (Wildman–Crippen LogP) is 0.194. The van der Waals surface area contributed by atoms with Crippen LogP contribution in [-0.4, -0.2) is 77.6 Å². The van der Waals surface area contributed by atoms with Crippen molar-refractivity contribution in [1.29, 1.82) is 0 Å². The molecule has 2 aliphatic heterocycles. The molecule has 8 nitrogen and oxygen atoms in total. The van der Waals surface area contributed by atoms with Crippen LogP contribution in [-0.2, 0) is 9.53 Å². The van der Waals surface area contributed by atoms with Crippen molar-refractivity contribution in [2.45, 2.75) is 13.8 Å². The highest BCUT2D eigenvalue weighted by atomic mass is 16.6. The fourth-order valence-electron chi connectivity index (χ4n) is 2.84. The molecule has 0 radical (unpaired) electrons. The lowest BCUT2D eigenvalue weighted by molar-refractivity contribution is -0.132. The van der Waals surface area contributed by atoms with E-state index in [9.17, 15) is 9.59 Å². The number of piperazine rings is 1. The Balaban J connectivity index is 1.56. The van der Waals surface area contributed by atoms with Crippen molar-refractivity contribution >= 4 is 17.8 Å². The van der Waals surface area contributed by atoms with Crippen LogP contribution in [0.1, 0.15) is 11.3 Å².